The van der Waals surface area contributed by atoms with Crippen molar-refractivity contribution in [1.82, 2.24) is 30.0 Å². The molecule has 1 aliphatic rings. The molecule has 3 aromatic carbocycles. The summed E-state index contributed by atoms with van der Waals surface area (Å²) in [7, 11) is 0. The number of ether oxygens (including phenoxy) is 6. The highest BCUT2D eigenvalue weighted by molar-refractivity contribution is 7.15. The first-order chi connectivity index (χ1) is 32.7. The number of aliphatic imine (C=N–C) groups is 1. The highest BCUT2D eigenvalue weighted by atomic mass is 35.5. The van der Waals surface area contributed by atoms with E-state index in [9.17, 15) is 14.4 Å². The zero-order valence-electron chi connectivity index (χ0n) is 38.0. The fraction of sp³-hybridized carbons (Fsp3) is 0.388. The van der Waals surface area contributed by atoms with E-state index < -0.39 is 6.04 Å². The van der Waals surface area contributed by atoms with Crippen LogP contribution in [0.2, 0.25) is 5.02 Å². The maximum atomic E-state index is 13.2. The number of hydrogen-bond donors (Lipinski definition) is 2. The van der Waals surface area contributed by atoms with Crippen LogP contribution in [0.15, 0.2) is 84.4 Å². The summed E-state index contributed by atoms with van der Waals surface area (Å²) in [6, 6.07) is 19.9. The van der Waals surface area contributed by atoms with Crippen LogP contribution in [0.5, 0.6) is 0 Å². The van der Waals surface area contributed by atoms with E-state index in [1.165, 1.54) is 11.0 Å². The van der Waals surface area contributed by atoms with Gasteiger partial charge in [0.2, 0.25) is 5.91 Å². The van der Waals surface area contributed by atoms with Crippen molar-refractivity contribution in [3.05, 3.63) is 123 Å². The van der Waals surface area contributed by atoms with Crippen LogP contribution >= 0.6 is 22.9 Å². The summed E-state index contributed by atoms with van der Waals surface area (Å²) in [5, 5.41) is 18.0. The number of allylic oxidation sites excluding steroid dienone is 1. The van der Waals surface area contributed by atoms with Crippen LogP contribution < -0.4 is 10.6 Å². The Morgan fingerprint density at radius 3 is 1.94 bits per heavy atom. The van der Waals surface area contributed by atoms with Crippen molar-refractivity contribution in [2.45, 2.75) is 33.2 Å². The van der Waals surface area contributed by atoms with Crippen molar-refractivity contribution in [2.75, 3.05) is 92.4 Å². The second-order valence-corrected chi connectivity index (χ2v) is 17.2. The monoisotopic (exact) mass is 953 g/mol. The number of amides is 2. The number of fused-ring (bicyclic) bond motifs is 6. The molecule has 6 aromatic rings. The van der Waals surface area contributed by atoms with Crippen LogP contribution in [0.1, 0.15) is 60.8 Å². The Morgan fingerprint density at radius 2 is 1.31 bits per heavy atom. The molecule has 67 heavy (non-hydrogen) atoms. The summed E-state index contributed by atoms with van der Waals surface area (Å²) in [6.45, 7) is 15.2. The Labute approximate surface area is 398 Å². The molecule has 0 saturated carbocycles. The highest BCUT2D eigenvalue weighted by Crippen LogP contribution is 2.39. The predicted molar refractivity (Wildman–Crippen MR) is 258 cm³/mol. The van der Waals surface area contributed by atoms with Crippen LogP contribution in [0.4, 0.5) is 0 Å². The van der Waals surface area contributed by atoms with Crippen molar-refractivity contribution in [1.29, 1.82) is 0 Å². The minimum absolute atomic E-state index is 0.101. The Morgan fingerprint density at radius 1 is 0.731 bits per heavy atom. The molecule has 3 aromatic heterocycles. The number of carbonyl (C=O) groups excluding carboxylic acids is 3. The molecule has 1 atom stereocenters. The van der Waals surface area contributed by atoms with Gasteiger partial charge in [-0.2, -0.15) is 0 Å². The fourth-order valence-electron chi connectivity index (χ4n) is 7.63. The lowest BCUT2D eigenvalue weighted by molar-refractivity contribution is -0.121. The summed E-state index contributed by atoms with van der Waals surface area (Å²) in [6.07, 6.45) is 1.38. The number of thiophene rings is 1. The summed E-state index contributed by atoms with van der Waals surface area (Å²) >= 11 is 7.89. The second kappa shape index (κ2) is 24.4. The zero-order chi connectivity index (χ0) is 47.1. The fourth-order valence-corrected chi connectivity index (χ4v) is 8.97. The van der Waals surface area contributed by atoms with Gasteiger partial charge < -0.3 is 39.1 Å². The van der Waals surface area contributed by atoms with Gasteiger partial charge in [-0.25, -0.2) is 0 Å². The molecule has 0 unspecified atom stereocenters. The second-order valence-electron chi connectivity index (χ2n) is 15.5. The summed E-state index contributed by atoms with van der Waals surface area (Å²) < 4.78 is 37.2. The lowest BCUT2D eigenvalue weighted by atomic mass is 9.99. The number of nitrogens with zero attached hydrogens (tertiary/aromatic N) is 5. The van der Waals surface area contributed by atoms with Gasteiger partial charge in [-0.3, -0.25) is 28.5 Å². The molecule has 1 aliphatic heterocycles. The molecule has 18 heteroatoms. The lowest BCUT2D eigenvalue weighted by Crippen LogP contribution is -2.29. The molecule has 7 rings (SSSR count). The summed E-state index contributed by atoms with van der Waals surface area (Å²) in [4.78, 5) is 44.9. The van der Waals surface area contributed by atoms with E-state index in [1.54, 1.807) is 34.1 Å². The molecular formula is C49H56ClN7O9S. The third-order valence-electron chi connectivity index (χ3n) is 11.0. The SMILES string of the molecule is C=CC(=O)n1c2ccccc2c2cc(C(=O)NCCOCCOCCOCCOCCOCCOCCNC(=O)C[C@@H]3N=C(c4ccc(Cl)cc4)c4c(sc(C)c4C)-n4c(C)nnc43)ccc21. The Kier molecular flexibility index (Phi) is 18.0. The van der Waals surface area contributed by atoms with Crippen LogP contribution in [-0.4, -0.2) is 135 Å². The van der Waals surface area contributed by atoms with Crippen LogP contribution in [0.3, 0.4) is 0 Å². The summed E-state index contributed by atoms with van der Waals surface area (Å²) in [5.74, 6) is 0.754. The molecule has 0 bridgehead atoms. The van der Waals surface area contributed by atoms with Crippen LogP contribution in [-0.2, 0) is 33.2 Å². The first kappa shape index (κ1) is 49.3. The Bertz CT molecular complexity index is 2690. The molecule has 0 aliphatic carbocycles. The normalized spacial score (nSPS) is 13.3. The molecule has 354 valence electrons. The van der Waals surface area contributed by atoms with E-state index in [1.807, 2.05) is 60.0 Å². The topological polar surface area (TPSA) is 179 Å². The van der Waals surface area contributed by atoms with Gasteiger partial charge in [-0.15, -0.1) is 21.5 Å². The summed E-state index contributed by atoms with van der Waals surface area (Å²) in [5.41, 5.74) is 5.86. The zero-order valence-corrected chi connectivity index (χ0v) is 39.6. The van der Waals surface area contributed by atoms with E-state index >= 15 is 0 Å². The third-order valence-corrected chi connectivity index (χ3v) is 12.5. The average molecular weight is 955 g/mol. The van der Waals surface area contributed by atoms with Crippen molar-refractivity contribution in [3.8, 4) is 5.00 Å². The molecule has 0 saturated heterocycles. The molecule has 4 heterocycles. The van der Waals surface area contributed by atoms with E-state index in [2.05, 4.69) is 41.3 Å². The first-order valence-corrected chi connectivity index (χ1v) is 23.4. The molecule has 0 radical (unpaired) electrons. The molecule has 2 N–H and O–H groups in total. The van der Waals surface area contributed by atoms with Gasteiger partial charge in [0.15, 0.2) is 5.82 Å². The number of carbonyl (C=O) groups is 3. The third kappa shape index (κ3) is 12.5. The standard InChI is InChI=1S/C49H56ClN7O9S/c1-5-44(59)57-41-9-7-6-8-38(41)39-30-36(12-15-42(39)57)48(60)52-17-19-62-21-23-64-25-27-66-29-28-65-26-24-63-22-20-61-18-16-51-43(58)31-40-47-55-54-34(4)56(47)49-45(32(2)33(3)67-49)46(53-40)35-10-13-37(50)14-11-35/h5-15,30,40H,1,16-29,31H2,2-4H3,(H,51,58)(H,52,60)/t40-/m0/s1. The van der Waals surface area contributed by atoms with Crippen LogP contribution in [0.25, 0.3) is 26.8 Å². The number of aryl methyl sites for hydroxylation is 2. The number of hydrogen-bond acceptors (Lipinski definition) is 13. The van der Waals surface area contributed by atoms with Gasteiger partial charge in [0, 0.05) is 50.5 Å². The number of aromatic nitrogens is 4. The first-order valence-electron chi connectivity index (χ1n) is 22.2. The Balaban J connectivity index is 0.674. The maximum absolute atomic E-state index is 13.2. The minimum atomic E-state index is -0.544. The van der Waals surface area contributed by atoms with Gasteiger partial charge in [-0.05, 0) is 68.8 Å². The van der Waals surface area contributed by atoms with Gasteiger partial charge in [-0.1, -0.05) is 48.5 Å². The lowest BCUT2D eigenvalue weighted by Gasteiger charge is -2.13. The molecular weight excluding hydrogens is 898 g/mol. The molecule has 0 spiro atoms. The molecule has 2 amide bonds. The van der Waals surface area contributed by atoms with Gasteiger partial charge in [0.1, 0.15) is 16.9 Å². The van der Waals surface area contributed by atoms with Gasteiger partial charge >= 0.3 is 0 Å². The van der Waals surface area contributed by atoms with Crippen LogP contribution in [0, 0.1) is 20.8 Å². The number of halogens is 1. The average Bonchev–Trinajstić information content (AvgIpc) is 3.95. The van der Waals surface area contributed by atoms with Gasteiger partial charge in [0.25, 0.3) is 11.8 Å². The number of para-hydroxylation sites is 1. The van der Waals surface area contributed by atoms with E-state index in [4.69, 9.17) is 45.0 Å². The number of nitrogens with one attached hydrogen (secondary N) is 2. The van der Waals surface area contributed by atoms with Crippen molar-refractivity contribution < 1.29 is 42.8 Å². The quantitative estimate of drug-likeness (QED) is 0.0433. The maximum Gasteiger partial charge on any atom is 0.254 e. The predicted octanol–water partition coefficient (Wildman–Crippen LogP) is 6.77. The van der Waals surface area contributed by atoms with E-state index in [-0.39, 0.29) is 24.1 Å². The van der Waals surface area contributed by atoms with E-state index in [0.717, 1.165) is 55.0 Å². The van der Waals surface area contributed by atoms with E-state index in [0.29, 0.717) is 109 Å². The number of benzene rings is 3. The van der Waals surface area contributed by atoms with Gasteiger partial charge in [0.05, 0.1) is 102 Å². The van der Waals surface area contributed by atoms with Crippen molar-refractivity contribution in [3.63, 3.8) is 0 Å². The molecule has 16 nitrogen and oxygen atoms in total. The Hall–Kier alpha value is -5.63. The van der Waals surface area contributed by atoms with Crippen molar-refractivity contribution >= 4 is 68.2 Å². The number of rotatable bonds is 26. The minimum Gasteiger partial charge on any atom is -0.377 e. The smallest absolute Gasteiger partial charge is 0.254 e. The van der Waals surface area contributed by atoms with Crippen molar-refractivity contribution in [2.24, 2.45) is 4.99 Å². The molecule has 0 fully saturated rings. The largest absolute Gasteiger partial charge is 0.377 e. The highest BCUT2D eigenvalue weighted by Gasteiger charge is 2.32.